The van der Waals surface area contributed by atoms with Crippen LogP contribution in [0.3, 0.4) is 0 Å². The molecule has 2 heterocycles. The molecule has 5 nitrogen and oxygen atoms in total. The summed E-state index contributed by atoms with van der Waals surface area (Å²) in [5, 5.41) is 5.78. The molecule has 2 unspecified atom stereocenters. The van der Waals surface area contributed by atoms with Crippen LogP contribution in [0.15, 0.2) is 48.8 Å². The summed E-state index contributed by atoms with van der Waals surface area (Å²) in [5.74, 6) is -0.418. The van der Waals surface area contributed by atoms with E-state index in [1.54, 1.807) is 12.4 Å². The van der Waals surface area contributed by atoms with Gasteiger partial charge in [-0.15, -0.1) is 0 Å². The van der Waals surface area contributed by atoms with Crippen molar-refractivity contribution in [3.05, 3.63) is 59.9 Å². The minimum Gasteiger partial charge on any atom is -0.352 e. The third kappa shape index (κ3) is 1.82. The molecule has 22 heavy (non-hydrogen) atoms. The largest absolute Gasteiger partial charge is 0.352 e. The molecule has 1 aliphatic carbocycles. The van der Waals surface area contributed by atoms with Crippen molar-refractivity contribution in [1.82, 2.24) is 10.3 Å². The van der Waals surface area contributed by atoms with Crippen LogP contribution in [-0.2, 0) is 21.5 Å². The number of carbonyl (C=O) groups is 2. The summed E-state index contributed by atoms with van der Waals surface area (Å²) >= 11 is 0. The van der Waals surface area contributed by atoms with Crippen LogP contribution in [0, 0.1) is 5.92 Å². The van der Waals surface area contributed by atoms with E-state index in [0.29, 0.717) is 13.0 Å². The Morgan fingerprint density at radius 1 is 1.32 bits per heavy atom. The van der Waals surface area contributed by atoms with Crippen molar-refractivity contribution in [2.45, 2.75) is 18.4 Å². The van der Waals surface area contributed by atoms with Gasteiger partial charge in [-0.2, -0.15) is 0 Å². The van der Waals surface area contributed by atoms with E-state index >= 15 is 0 Å². The van der Waals surface area contributed by atoms with Gasteiger partial charge in [0.1, 0.15) is 0 Å². The van der Waals surface area contributed by atoms with E-state index in [0.717, 1.165) is 16.8 Å². The maximum atomic E-state index is 12.4. The molecule has 0 radical (unpaired) electrons. The predicted octanol–water partition coefficient (Wildman–Crippen LogP) is 1.61. The summed E-state index contributed by atoms with van der Waals surface area (Å²) in [6, 6.07) is 11.3. The molecule has 5 heteroatoms. The molecule has 2 N–H and O–H groups in total. The average molecular weight is 293 g/mol. The zero-order valence-corrected chi connectivity index (χ0v) is 11.9. The van der Waals surface area contributed by atoms with Crippen LogP contribution in [0.1, 0.15) is 17.5 Å². The SMILES string of the molecule is O=C(NCc1cccnc1)C1CC12C(=O)Nc1ccccc12. The molecular formula is C17H15N3O2. The summed E-state index contributed by atoms with van der Waals surface area (Å²) in [7, 11) is 0. The lowest BCUT2D eigenvalue weighted by molar-refractivity contribution is -0.125. The number of nitrogens with zero attached hydrogens (tertiary/aromatic N) is 1. The van der Waals surface area contributed by atoms with Crippen LogP contribution < -0.4 is 10.6 Å². The zero-order valence-electron chi connectivity index (χ0n) is 11.9. The van der Waals surface area contributed by atoms with Gasteiger partial charge in [-0.25, -0.2) is 0 Å². The number of hydrogen-bond donors (Lipinski definition) is 2. The molecule has 2 atom stereocenters. The topological polar surface area (TPSA) is 71.1 Å². The number of pyridine rings is 1. The Bertz CT molecular complexity index is 760. The predicted molar refractivity (Wildman–Crippen MR) is 80.9 cm³/mol. The molecular weight excluding hydrogens is 278 g/mol. The van der Waals surface area contributed by atoms with E-state index in [1.807, 2.05) is 36.4 Å². The van der Waals surface area contributed by atoms with Gasteiger partial charge in [-0.3, -0.25) is 14.6 Å². The van der Waals surface area contributed by atoms with E-state index in [1.165, 1.54) is 0 Å². The van der Waals surface area contributed by atoms with E-state index < -0.39 is 5.41 Å². The first-order chi connectivity index (χ1) is 10.7. The van der Waals surface area contributed by atoms with Crippen LogP contribution in [0.5, 0.6) is 0 Å². The van der Waals surface area contributed by atoms with Crippen molar-refractivity contribution in [3.63, 3.8) is 0 Å². The molecule has 1 fully saturated rings. The van der Waals surface area contributed by atoms with Gasteiger partial charge in [0.2, 0.25) is 11.8 Å². The zero-order chi connectivity index (χ0) is 15.2. The quantitative estimate of drug-likeness (QED) is 0.903. The number of amides is 2. The molecule has 0 bridgehead atoms. The Balaban J connectivity index is 1.50. The number of fused-ring (bicyclic) bond motifs is 2. The first-order valence-corrected chi connectivity index (χ1v) is 7.29. The molecule has 0 saturated heterocycles. The number of rotatable bonds is 3. The van der Waals surface area contributed by atoms with Crippen molar-refractivity contribution >= 4 is 17.5 Å². The summed E-state index contributed by atoms with van der Waals surface area (Å²) in [5.41, 5.74) is 2.06. The molecule has 1 aromatic heterocycles. The Labute approximate surface area is 127 Å². The van der Waals surface area contributed by atoms with E-state index in [2.05, 4.69) is 15.6 Å². The highest BCUT2D eigenvalue weighted by atomic mass is 16.2. The van der Waals surface area contributed by atoms with Gasteiger partial charge in [-0.1, -0.05) is 24.3 Å². The fraction of sp³-hybridized carbons (Fsp3) is 0.235. The minimum atomic E-state index is -0.657. The van der Waals surface area contributed by atoms with Crippen molar-refractivity contribution < 1.29 is 9.59 Å². The lowest BCUT2D eigenvalue weighted by Crippen LogP contribution is -2.31. The molecule has 2 aromatic rings. The van der Waals surface area contributed by atoms with E-state index in [9.17, 15) is 9.59 Å². The van der Waals surface area contributed by atoms with Crippen LogP contribution in [-0.4, -0.2) is 16.8 Å². The number of nitrogens with one attached hydrogen (secondary N) is 2. The molecule has 1 saturated carbocycles. The third-order valence-corrected chi connectivity index (χ3v) is 4.53. The highest BCUT2D eigenvalue weighted by molar-refractivity contribution is 6.12. The molecule has 1 spiro atoms. The Hall–Kier alpha value is -2.69. The number of para-hydroxylation sites is 1. The molecule has 1 aliphatic heterocycles. The molecule has 1 aromatic carbocycles. The van der Waals surface area contributed by atoms with Crippen molar-refractivity contribution in [3.8, 4) is 0 Å². The van der Waals surface area contributed by atoms with Gasteiger partial charge >= 0.3 is 0 Å². The van der Waals surface area contributed by atoms with E-state index in [4.69, 9.17) is 0 Å². The summed E-state index contributed by atoms with van der Waals surface area (Å²) in [4.78, 5) is 28.7. The standard InChI is InChI=1S/C17H15N3O2/c21-15(19-10-11-4-3-7-18-9-11)13-8-17(13)12-5-1-2-6-14(12)20-16(17)22/h1-7,9,13H,8,10H2,(H,19,21)(H,20,22). The maximum absolute atomic E-state index is 12.4. The molecule has 2 aliphatic rings. The fourth-order valence-electron chi connectivity index (χ4n) is 3.28. The molecule has 2 amide bonds. The van der Waals surface area contributed by atoms with Crippen LogP contribution in [0.2, 0.25) is 0 Å². The monoisotopic (exact) mass is 293 g/mol. The Morgan fingerprint density at radius 2 is 2.18 bits per heavy atom. The second kappa shape index (κ2) is 4.66. The van der Waals surface area contributed by atoms with Gasteiger partial charge < -0.3 is 10.6 Å². The summed E-state index contributed by atoms with van der Waals surface area (Å²) < 4.78 is 0. The van der Waals surface area contributed by atoms with Gasteiger partial charge in [0.15, 0.2) is 0 Å². The van der Waals surface area contributed by atoms with Crippen molar-refractivity contribution in [1.29, 1.82) is 0 Å². The van der Waals surface area contributed by atoms with Gasteiger partial charge in [0, 0.05) is 24.6 Å². The number of carbonyl (C=O) groups excluding carboxylic acids is 2. The smallest absolute Gasteiger partial charge is 0.235 e. The minimum absolute atomic E-state index is 0.0600. The lowest BCUT2D eigenvalue weighted by Gasteiger charge is -2.09. The fourth-order valence-corrected chi connectivity index (χ4v) is 3.28. The number of benzene rings is 1. The average Bonchev–Trinajstić information content (AvgIpc) is 3.24. The maximum Gasteiger partial charge on any atom is 0.235 e. The number of anilines is 1. The summed E-state index contributed by atoms with van der Waals surface area (Å²) in [6.07, 6.45) is 4.00. The normalized spacial score (nSPS) is 24.7. The first kappa shape index (κ1) is 13.0. The van der Waals surface area contributed by atoms with Gasteiger partial charge in [0.25, 0.3) is 0 Å². The Kier molecular flexibility index (Phi) is 2.76. The van der Waals surface area contributed by atoms with E-state index in [-0.39, 0.29) is 17.7 Å². The highest BCUT2D eigenvalue weighted by Crippen LogP contribution is 2.59. The van der Waals surface area contributed by atoms with Crippen LogP contribution in [0.25, 0.3) is 0 Å². The van der Waals surface area contributed by atoms with Crippen molar-refractivity contribution in [2.75, 3.05) is 5.32 Å². The number of hydrogen-bond acceptors (Lipinski definition) is 3. The van der Waals surface area contributed by atoms with Gasteiger partial charge in [0.05, 0.1) is 11.3 Å². The lowest BCUT2D eigenvalue weighted by atomic mass is 9.94. The molecule has 4 rings (SSSR count). The second-order valence-corrected chi connectivity index (χ2v) is 5.81. The second-order valence-electron chi connectivity index (χ2n) is 5.81. The van der Waals surface area contributed by atoms with Crippen LogP contribution in [0.4, 0.5) is 5.69 Å². The number of aromatic nitrogens is 1. The summed E-state index contributed by atoms with van der Waals surface area (Å²) in [6.45, 7) is 0.433. The third-order valence-electron chi connectivity index (χ3n) is 4.53. The van der Waals surface area contributed by atoms with Crippen molar-refractivity contribution in [2.24, 2.45) is 5.92 Å². The highest BCUT2D eigenvalue weighted by Gasteiger charge is 2.67. The van der Waals surface area contributed by atoms with Crippen LogP contribution >= 0.6 is 0 Å². The Morgan fingerprint density at radius 3 is 3.00 bits per heavy atom. The first-order valence-electron chi connectivity index (χ1n) is 7.29. The van der Waals surface area contributed by atoms with Gasteiger partial charge in [-0.05, 0) is 29.7 Å². The molecule has 110 valence electrons.